The van der Waals surface area contributed by atoms with Crippen LogP contribution in [0.15, 0.2) is 52.9 Å². The summed E-state index contributed by atoms with van der Waals surface area (Å²) < 4.78 is 31.4. The van der Waals surface area contributed by atoms with Crippen molar-refractivity contribution in [1.82, 2.24) is 0 Å². The lowest BCUT2D eigenvalue weighted by atomic mass is 10.1. The van der Waals surface area contributed by atoms with Gasteiger partial charge in [-0.25, -0.2) is 8.78 Å². The molecule has 0 radical (unpaired) electrons. The predicted octanol–water partition coefficient (Wildman–Crippen LogP) is 3.99. The van der Waals surface area contributed by atoms with Crippen LogP contribution in [0.3, 0.4) is 0 Å². The van der Waals surface area contributed by atoms with E-state index < -0.39 is 6.10 Å². The molecule has 0 aliphatic rings. The van der Waals surface area contributed by atoms with Crippen LogP contribution in [0.2, 0.25) is 0 Å². The Morgan fingerprint density at radius 3 is 2.40 bits per heavy atom. The van der Waals surface area contributed by atoms with Crippen molar-refractivity contribution >= 4 is 11.0 Å². The van der Waals surface area contributed by atoms with Crippen LogP contribution < -0.4 is 0 Å². The summed E-state index contributed by atoms with van der Waals surface area (Å²) >= 11 is 0. The van der Waals surface area contributed by atoms with Crippen LogP contribution in [0.1, 0.15) is 17.4 Å². The number of fused-ring (bicyclic) bond motifs is 1. The first kappa shape index (κ1) is 12.8. The smallest absolute Gasteiger partial charge is 0.134 e. The summed E-state index contributed by atoms with van der Waals surface area (Å²) in [7, 11) is 0. The van der Waals surface area contributed by atoms with E-state index in [2.05, 4.69) is 0 Å². The molecule has 20 heavy (non-hydrogen) atoms. The van der Waals surface area contributed by atoms with E-state index in [0.717, 1.165) is 5.56 Å². The summed E-state index contributed by atoms with van der Waals surface area (Å²) in [6.07, 6.45) is -0.543. The van der Waals surface area contributed by atoms with Crippen molar-refractivity contribution in [2.45, 2.75) is 12.5 Å². The SMILES string of the molecule is OC(Cc1ccc(F)cc1)c1cc2cc(F)ccc2o1. The number of halogens is 2. The third-order valence-corrected chi connectivity index (χ3v) is 3.17. The molecule has 1 unspecified atom stereocenters. The molecule has 4 heteroatoms. The van der Waals surface area contributed by atoms with E-state index in [1.807, 2.05) is 0 Å². The van der Waals surface area contributed by atoms with Crippen LogP contribution in [0.5, 0.6) is 0 Å². The van der Waals surface area contributed by atoms with Crippen LogP contribution in [0.25, 0.3) is 11.0 Å². The van der Waals surface area contributed by atoms with Gasteiger partial charge >= 0.3 is 0 Å². The minimum absolute atomic E-state index is 0.308. The van der Waals surface area contributed by atoms with Crippen molar-refractivity contribution in [3.05, 3.63) is 71.5 Å². The van der Waals surface area contributed by atoms with Gasteiger partial charge in [-0.1, -0.05) is 12.1 Å². The van der Waals surface area contributed by atoms with E-state index >= 15 is 0 Å². The third-order valence-electron chi connectivity index (χ3n) is 3.17. The summed E-state index contributed by atoms with van der Waals surface area (Å²) in [5.41, 5.74) is 1.32. The van der Waals surface area contributed by atoms with Crippen molar-refractivity contribution in [3.63, 3.8) is 0 Å². The lowest BCUT2D eigenvalue weighted by Crippen LogP contribution is -2.00. The Bertz CT molecular complexity index is 732. The molecule has 2 nitrogen and oxygen atoms in total. The van der Waals surface area contributed by atoms with E-state index in [4.69, 9.17) is 4.42 Å². The molecule has 102 valence electrons. The zero-order valence-corrected chi connectivity index (χ0v) is 10.5. The average Bonchev–Trinajstić information content (AvgIpc) is 2.84. The number of rotatable bonds is 3. The zero-order valence-electron chi connectivity index (χ0n) is 10.5. The molecule has 0 saturated carbocycles. The maximum atomic E-state index is 13.1. The second-order valence-electron chi connectivity index (χ2n) is 4.68. The Kier molecular flexibility index (Phi) is 3.24. The molecule has 0 aliphatic heterocycles. The summed E-state index contributed by atoms with van der Waals surface area (Å²) in [5, 5.41) is 10.7. The molecule has 0 amide bonds. The molecule has 1 heterocycles. The highest BCUT2D eigenvalue weighted by Gasteiger charge is 2.14. The number of benzene rings is 2. The Labute approximate surface area is 114 Å². The highest BCUT2D eigenvalue weighted by molar-refractivity contribution is 5.77. The molecule has 0 bridgehead atoms. The second-order valence-corrected chi connectivity index (χ2v) is 4.68. The van der Waals surface area contributed by atoms with Crippen LogP contribution >= 0.6 is 0 Å². The molecule has 3 rings (SSSR count). The number of aliphatic hydroxyl groups excluding tert-OH is 1. The molecule has 2 aromatic carbocycles. The molecular formula is C16H12F2O2. The minimum Gasteiger partial charge on any atom is -0.458 e. The summed E-state index contributed by atoms with van der Waals surface area (Å²) in [5.74, 6) is -0.296. The highest BCUT2D eigenvalue weighted by atomic mass is 19.1. The van der Waals surface area contributed by atoms with Crippen LogP contribution in [0.4, 0.5) is 8.78 Å². The Morgan fingerprint density at radius 2 is 1.65 bits per heavy atom. The number of hydrogen-bond donors (Lipinski definition) is 1. The van der Waals surface area contributed by atoms with Crippen molar-refractivity contribution in [2.24, 2.45) is 0 Å². The molecule has 0 aliphatic carbocycles. The summed E-state index contributed by atoms with van der Waals surface area (Å²) in [6.45, 7) is 0. The number of aliphatic hydroxyl groups is 1. The van der Waals surface area contributed by atoms with Crippen molar-refractivity contribution in [2.75, 3.05) is 0 Å². The Balaban J connectivity index is 1.84. The average molecular weight is 274 g/mol. The molecule has 0 fully saturated rings. The lowest BCUT2D eigenvalue weighted by molar-refractivity contribution is 0.152. The molecule has 3 aromatic rings. The fourth-order valence-corrected chi connectivity index (χ4v) is 2.14. The first-order valence-electron chi connectivity index (χ1n) is 6.23. The van der Waals surface area contributed by atoms with Gasteiger partial charge in [0.1, 0.15) is 29.1 Å². The van der Waals surface area contributed by atoms with Gasteiger partial charge < -0.3 is 9.52 Å². The maximum Gasteiger partial charge on any atom is 0.134 e. The van der Waals surface area contributed by atoms with Gasteiger partial charge in [-0.2, -0.15) is 0 Å². The van der Waals surface area contributed by atoms with Gasteiger partial charge in [0, 0.05) is 11.8 Å². The van der Waals surface area contributed by atoms with Crippen LogP contribution in [-0.4, -0.2) is 5.11 Å². The largest absolute Gasteiger partial charge is 0.458 e. The summed E-state index contributed by atoms with van der Waals surface area (Å²) in [6, 6.07) is 11.7. The van der Waals surface area contributed by atoms with Gasteiger partial charge in [0.2, 0.25) is 0 Å². The number of hydrogen-bond acceptors (Lipinski definition) is 2. The minimum atomic E-state index is -0.851. The summed E-state index contributed by atoms with van der Waals surface area (Å²) in [4.78, 5) is 0. The van der Waals surface area contributed by atoms with Crippen molar-refractivity contribution in [1.29, 1.82) is 0 Å². The van der Waals surface area contributed by atoms with Gasteiger partial charge in [-0.05, 0) is 42.0 Å². The van der Waals surface area contributed by atoms with Gasteiger partial charge in [0.25, 0.3) is 0 Å². The topological polar surface area (TPSA) is 33.4 Å². The van der Waals surface area contributed by atoms with Gasteiger partial charge in [-0.15, -0.1) is 0 Å². The Hall–Kier alpha value is -2.20. The molecule has 0 saturated heterocycles. The quantitative estimate of drug-likeness (QED) is 0.783. The fraction of sp³-hybridized carbons (Fsp3) is 0.125. The lowest BCUT2D eigenvalue weighted by Gasteiger charge is -2.07. The third kappa shape index (κ3) is 2.56. The first-order chi connectivity index (χ1) is 9.61. The van der Waals surface area contributed by atoms with Gasteiger partial charge in [0.05, 0.1) is 0 Å². The standard InChI is InChI=1S/C16H12F2O2/c17-12-3-1-10(2-4-12)7-14(19)16-9-11-8-13(18)5-6-15(11)20-16/h1-6,8-9,14,19H,7H2. The molecular weight excluding hydrogens is 262 g/mol. The Morgan fingerprint density at radius 1 is 0.950 bits per heavy atom. The number of furan rings is 1. The monoisotopic (exact) mass is 274 g/mol. The van der Waals surface area contributed by atoms with E-state index in [1.54, 1.807) is 18.2 Å². The van der Waals surface area contributed by atoms with E-state index in [1.165, 1.54) is 30.3 Å². The zero-order chi connectivity index (χ0) is 14.1. The van der Waals surface area contributed by atoms with E-state index in [-0.39, 0.29) is 11.6 Å². The first-order valence-corrected chi connectivity index (χ1v) is 6.23. The maximum absolute atomic E-state index is 13.1. The molecule has 1 atom stereocenters. The van der Waals surface area contributed by atoms with E-state index in [0.29, 0.717) is 23.2 Å². The predicted molar refractivity (Wildman–Crippen MR) is 71.2 cm³/mol. The van der Waals surface area contributed by atoms with Crippen molar-refractivity contribution < 1.29 is 18.3 Å². The molecule has 1 N–H and O–H groups in total. The highest BCUT2D eigenvalue weighted by Crippen LogP contribution is 2.26. The molecule has 0 spiro atoms. The van der Waals surface area contributed by atoms with Crippen LogP contribution in [-0.2, 0) is 6.42 Å². The fourth-order valence-electron chi connectivity index (χ4n) is 2.14. The van der Waals surface area contributed by atoms with Crippen molar-refractivity contribution in [3.8, 4) is 0 Å². The molecule has 1 aromatic heterocycles. The van der Waals surface area contributed by atoms with Gasteiger partial charge in [-0.3, -0.25) is 0 Å². The second kappa shape index (κ2) is 5.06. The van der Waals surface area contributed by atoms with E-state index in [9.17, 15) is 13.9 Å². The normalized spacial score (nSPS) is 12.8. The van der Waals surface area contributed by atoms with Gasteiger partial charge in [0.15, 0.2) is 0 Å². The van der Waals surface area contributed by atoms with Crippen LogP contribution in [0, 0.1) is 11.6 Å².